The van der Waals surface area contributed by atoms with Crippen LogP contribution >= 0.6 is 0 Å². The minimum Gasteiger partial charge on any atom is -0.506 e. The van der Waals surface area contributed by atoms with Gasteiger partial charge in [-0.2, -0.15) is 0 Å². The smallest absolute Gasteiger partial charge is 0.258 e. The van der Waals surface area contributed by atoms with Gasteiger partial charge in [-0.25, -0.2) is 4.98 Å². The average molecular weight is 466 g/mol. The van der Waals surface area contributed by atoms with Gasteiger partial charge in [-0.3, -0.25) is 14.5 Å². The Morgan fingerprint density at radius 3 is 2.56 bits per heavy atom. The Labute approximate surface area is 198 Å². The summed E-state index contributed by atoms with van der Waals surface area (Å²) in [4.78, 5) is 36.7. The Morgan fingerprint density at radius 2 is 1.85 bits per heavy atom. The van der Waals surface area contributed by atoms with E-state index in [1.165, 1.54) is 18.7 Å². The maximum Gasteiger partial charge on any atom is 0.258 e. The van der Waals surface area contributed by atoms with Crippen LogP contribution in [0.1, 0.15) is 29.5 Å². The lowest BCUT2D eigenvalue weighted by atomic mass is 10.1. The van der Waals surface area contributed by atoms with Crippen LogP contribution in [-0.2, 0) is 22.6 Å². The van der Waals surface area contributed by atoms with Crippen molar-refractivity contribution in [2.75, 3.05) is 40.3 Å². The van der Waals surface area contributed by atoms with Crippen molar-refractivity contribution in [3.05, 3.63) is 69.8 Å². The van der Waals surface area contributed by atoms with Gasteiger partial charge >= 0.3 is 0 Å². The molecule has 1 aliphatic rings. The van der Waals surface area contributed by atoms with Crippen molar-refractivity contribution in [2.24, 2.45) is 0 Å². The number of phenols is 1. The first-order valence-electron chi connectivity index (χ1n) is 11.4. The maximum absolute atomic E-state index is 12.6. The molecule has 34 heavy (non-hydrogen) atoms. The van der Waals surface area contributed by atoms with Crippen molar-refractivity contribution >= 4 is 16.8 Å². The second-order valence-electron chi connectivity index (χ2n) is 8.73. The minimum atomic E-state index is -0.748. The van der Waals surface area contributed by atoms with E-state index in [1.807, 2.05) is 12.1 Å². The quantitative estimate of drug-likeness (QED) is 0.465. The van der Waals surface area contributed by atoms with Gasteiger partial charge in [0.2, 0.25) is 5.91 Å². The molecule has 1 aliphatic heterocycles. The number of nitrogens with zero attached hydrogens (tertiary/aromatic N) is 3. The minimum absolute atomic E-state index is 0.0139. The number of amides is 1. The summed E-state index contributed by atoms with van der Waals surface area (Å²) in [5, 5.41) is 13.2. The second-order valence-corrected chi connectivity index (χ2v) is 8.73. The number of para-hydroxylation sites is 1. The molecule has 0 aliphatic carbocycles. The van der Waals surface area contributed by atoms with E-state index < -0.39 is 11.7 Å². The number of rotatable bonds is 8. The number of carbonyl (C=O) groups is 1. The topological polar surface area (TPSA) is 111 Å². The Kier molecular flexibility index (Phi) is 7.56. The summed E-state index contributed by atoms with van der Waals surface area (Å²) >= 11 is 0. The van der Waals surface area contributed by atoms with Crippen molar-refractivity contribution in [3.63, 3.8) is 0 Å². The molecule has 1 aromatic heterocycles. The third-order valence-electron chi connectivity index (χ3n) is 6.21. The van der Waals surface area contributed by atoms with Gasteiger partial charge in [0.25, 0.3) is 5.56 Å². The van der Waals surface area contributed by atoms with Crippen LogP contribution in [0.15, 0.2) is 47.3 Å². The highest BCUT2D eigenvalue weighted by atomic mass is 16.5. The van der Waals surface area contributed by atoms with Crippen molar-refractivity contribution in [1.29, 1.82) is 0 Å². The van der Waals surface area contributed by atoms with E-state index in [4.69, 9.17) is 4.74 Å². The fraction of sp³-hybridized carbons (Fsp3) is 0.400. The highest BCUT2D eigenvalue weighted by Crippen LogP contribution is 2.23. The number of aromatic amines is 1. The fourth-order valence-corrected chi connectivity index (χ4v) is 4.08. The molecule has 1 fully saturated rings. The molecule has 0 radical (unpaired) electrons. The lowest BCUT2D eigenvalue weighted by Gasteiger charge is -2.32. The molecule has 4 rings (SSSR count). The largest absolute Gasteiger partial charge is 0.506 e. The number of H-pyrrole nitrogens is 1. The highest BCUT2D eigenvalue weighted by molar-refractivity contribution is 5.83. The predicted octanol–water partition coefficient (Wildman–Crippen LogP) is 1.77. The number of piperazine rings is 1. The number of methoxy groups -OCH3 is 1. The van der Waals surface area contributed by atoms with E-state index in [1.54, 1.807) is 12.1 Å². The first-order chi connectivity index (χ1) is 16.4. The first kappa shape index (κ1) is 23.9. The molecule has 180 valence electrons. The molecule has 0 bridgehead atoms. The molecule has 9 nitrogen and oxygen atoms in total. The zero-order chi connectivity index (χ0) is 24.1. The number of hydrogen-bond donors (Lipinski definition) is 3. The van der Waals surface area contributed by atoms with Gasteiger partial charge in [0.05, 0.1) is 11.8 Å². The summed E-state index contributed by atoms with van der Waals surface area (Å²) in [6.45, 7) is 5.67. The Balaban J connectivity index is 1.33. The number of phenolic OH excluding ortho intramolecular Hbond substituents is 1. The van der Waals surface area contributed by atoms with Crippen molar-refractivity contribution in [3.8, 4) is 5.75 Å². The lowest BCUT2D eigenvalue weighted by Crippen LogP contribution is -2.43. The molecule has 3 N–H and O–H groups in total. The monoisotopic (exact) mass is 465 g/mol. The summed E-state index contributed by atoms with van der Waals surface area (Å²) in [6.07, 6.45) is -0.761. The predicted molar refractivity (Wildman–Crippen MR) is 129 cm³/mol. The van der Waals surface area contributed by atoms with Crippen LogP contribution in [0.25, 0.3) is 10.9 Å². The van der Waals surface area contributed by atoms with E-state index in [9.17, 15) is 14.7 Å². The molecule has 2 heterocycles. The third-order valence-corrected chi connectivity index (χ3v) is 6.21. The van der Waals surface area contributed by atoms with Crippen LogP contribution in [0.3, 0.4) is 0 Å². The summed E-state index contributed by atoms with van der Waals surface area (Å²) in [7, 11) is 3.60. The Bertz CT molecular complexity index is 1190. The van der Waals surface area contributed by atoms with Gasteiger partial charge in [0.15, 0.2) is 0 Å². The Morgan fingerprint density at radius 1 is 1.15 bits per heavy atom. The van der Waals surface area contributed by atoms with Crippen LogP contribution < -0.4 is 10.9 Å². The van der Waals surface area contributed by atoms with Crippen LogP contribution in [0.4, 0.5) is 0 Å². The summed E-state index contributed by atoms with van der Waals surface area (Å²) in [6, 6.07) is 12.9. The molecule has 1 unspecified atom stereocenters. The van der Waals surface area contributed by atoms with Crippen molar-refractivity contribution in [2.45, 2.75) is 25.6 Å². The number of hydrogen-bond acceptors (Lipinski definition) is 7. The van der Waals surface area contributed by atoms with E-state index in [0.717, 1.165) is 38.3 Å². The molecular weight excluding hydrogens is 434 g/mol. The average Bonchev–Trinajstić information content (AvgIpc) is 2.84. The molecule has 0 spiro atoms. The van der Waals surface area contributed by atoms with Crippen LogP contribution in [0.2, 0.25) is 0 Å². The number of aromatic hydroxyl groups is 1. The molecule has 0 saturated carbocycles. The summed E-state index contributed by atoms with van der Waals surface area (Å²) < 4.78 is 5.41. The summed E-state index contributed by atoms with van der Waals surface area (Å²) in [5.41, 5.74) is 2.05. The number of fused-ring (bicyclic) bond motifs is 1. The van der Waals surface area contributed by atoms with Crippen LogP contribution in [0.5, 0.6) is 5.75 Å². The second kappa shape index (κ2) is 10.8. The fourth-order valence-electron chi connectivity index (χ4n) is 4.08. The molecule has 1 saturated heterocycles. The molecule has 1 amide bonds. The SMILES string of the molecule is COC(CC(=O)NCc1ccc(CN2CCN(C)CC2)cc1)c1nc2c(O)cccc2c(=O)[nH]1. The molecule has 1 atom stereocenters. The number of likely N-dealkylation sites (N-methyl/N-ethyl adjacent to an activating group) is 1. The van der Waals surface area contributed by atoms with Gasteiger partial charge in [-0.1, -0.05) is 30.3 Å². The van der Waals surface area contributed by atoms with E-state index in [2.05, 4.69) is 44.3 Å². The maximum atomic E-state index is 12.6. The Hall–Kier alpha value is -3.27. The van der Waals surface area contributed by atoms with Crippen molar-refractivity contribution < 1.29 is 14.6 Å². The van der Waals surface area contributed by atoms with Gasteiger partial charge in [-0.15, -0.1) is 0 Å². The molecule has 3 aromatic rings. The van der Waals surface area contributed by atoms with Gasteiger partial charge in [0, 0.05) is 46.4 Å². The molecule has 2 aromatic carbocycles. The normalized spacial score (nSPS) is 15.9. The molecule has 9 heteroatoms. The third kappa shape index (κ3) is 5.80. The number of nitrogens with one attached hydrogen (secondary N) is 2. The number of ether oxygens (including phenoxy) is 1. The van der Waals surface area contributed by atoms with Gasteiger partial charge < -0.3 is 25.0 Å². The zero-order valence-corrected chi connectivity index (χ0v) is 19.6. The van der Waals surface area contributed by atoms with Crippen LogP contribution in [-0.4, -0.2) is 71.1 Å². The standard InChI is InChI=1S/C25H31N5O4/c1-29-10-12-30(13-11-29)16-18-8-6-17(7-9-18)15-26-22(32)14-21(34-2)24-27-23-19(25(33)28-24)4-3-5-20(23)31/h3-9,21,31H,10-16H2,1-2H3,(H,26,32)(H,27,28,33). The highest BCUT2D eigenvalue weighted by Gasteiger charge is 2.20. The number of carbonyl (C=O) groups excluding carboxylic acids is 1. The lowest BCUT2D eigenvalue weighted by molar-refractivity contribution is -0.123. The van der Waals surface area contributed by atoms with Crippen LogP contribution in [0, 0.1) is 0 Å². The van der Waals surface area contributed by atoms with Gasteiger partial charge in [0.1, 0.15) is 23.2 Å². The summed E-state index contributed by atoms with van der Waals surface area (Å²) in [5.74, 6) is -0.126. The zero-order valence-electron chi connectivity index (χ0n) is 19.6. The first-order valence-corrected chi connectivity index (χ1v) is 11.4. The van der Waals surface area contributed by atoms with Crippen molar-refractivity contribution in [1.82, 2.24) is 25.1 Å². The molecular formula is C25H31N5O4. The van der Waals surface area contributed by atoms with Gasteiger partial charge in [-0.05, 0) is 30.3 Å². The number of benzene rings is 2. The van der Waals surface area contributed by atoms with E-state index in [-0.39, 0.29) is 34.8 Å². The van der Waals surface area contributed by atoms with E-state index >= 15 is 0 Å². The number of aromatic nitrogens is 2. The van der Waals surface area contributed by atoms with E-state index in [0.29, 0.717) is 6.54 Å².